The molecular weight excluding hydrogens is 390 g/mol. The van der Waals surface area contributed by atoms with Gasteiger partial charge in [-0.3, -0.25) is 19.2 Å². The summed E-state index contributed by atoms with van der Waals surface area (Å²) in [4.78, 5) is 58.3. The van der Waals surface area contributed by atoms with E-state index < -0.39 is 54.3 Å². The predicted octanol–water partition coefficient (Wildman–Crippen LogP) is -2.27. The second-order valence-electron chi connectivity index (χ2n) is 6.66. The Kier molecular flexibility index (Phi) is 11.9. The zero-order valence-electron chi connectivity index (χ0n) is 15.9. The third kappa shape index (κ3) is 10.7. The minimum atomic E-state index is -1.21. The average Bonchev–Trinajstić information content (AvgIpc) is 2.60. The monoisotopic (exact) mass is 419 g/mol. The molecule has 0 aromatic carbocycles. The lowest BCUT2D eigenvalue weighted by atomic mass is 10.0. The molecule has 0 bridgehead atoms. The van der Waals surface area contributed by atoms with Gasteiger partial charge in [0.15, 0.2) is 0 Å². The Labute approximate surface area is 168 Å². The van der Waals surface area contributed by atoms with Gasteiger partial charge >= 0.3 is 5.97 Å². The van der Waals surface area contributed by atoms with Crippen LogP contribution in [0.3, 0.4) is 0 Å². The van der Waals surface area contributed by atoms with Crippen LogP contribution in [0, 0.1) is 5.92 Å². The van der Waals surface area contributed by atoms with E-state index in [1.165, 1.54) is 0 Å². The number of nitrogens with two attached hydrogens (primary N) is 2. The molecule has 0 rings (SSSR count). The number of rotatable bonds is 13. The normalized spacial score (nSPS) is 13.9. The van der Waals surface area contributed by atoms with Crippen molar-refractivity contribution in [2.75, 3.05) is 12.3 Å². The minimum Gasteiger partial charge on any atom is -0.480 e. The summed E-state index contributed by atoms with van der Waals surface area (Å²) in [5.41, 5.74) is 10.5. The van der Waals surface area contributed by atoms with Gasteiger partial charge in [-0.25, -0.2) is 4.79 Å². The topological polar surface area (TPSA) is 194 Å². The molecular formula is C16H29N5O6S. The fourth-order valence-electron chi connectivity index (χ4n) is 2.15. The van der Waals surface area contributed by atoms with E-state index in [1.54, 1.807) is 13.8 Å². The van der Waals surface area contributed by atoms with Crippen molar-refractivity contribution in [2.24, 2.45) is 17.4 Å². The van der Waals surface area contributed by atoms with Crippen molar-refractivity contribution < 1.29 is 29.1 Å². The summed E-state index contributed by atoms with van der Waals surface area (Å²) in [7, 11) is 0. The highest BCUT2D eigenvalue weighted by Gasteiger charge is 2.27. The van der Waals surface area contributed by atoms with E-state index in [4.69, 9.17) is 11.5 Å². The summed E-state index contributed by atoms with van der Waals surface area (Å²) in [6, 6.07) is -3.23. The molecule has 8 N–H and O–H groups in total. The second-order valence-corrected chi connectivity index (χ2v) is 7.03. The number of carboxylic acids is 1. The number of aliphatic carboxylic acids is 1. The van der Waals surface area contributed by atoms with Gasteiger partial charge in [0.05, 0.1) is 12.6 Å². The smallest absolute Gasteiger partial charge is 0.326 e. The molecule has 160 valence electrons. The molecule has 0 radical (unpaired) electrons. The molecule has 3 atom stereocenters. The molecule has 0 saturated carbocycles. The number of amides is 4. The summed E-state index contributed by atoms with van der Waals surface area (Å²) in [5, 5.41) is 16.2. The van der Waals surface area contributed by atoms with Gasteiger partial charge in [-0.2, -0.15) is 12.6 Å². The number of carboxylic acid groups (broad SMARTS) is 1. The first-order chi connectivity index (χ1) is 13.0. The van der Waals surface area contributed by atoms with Crippen molar-refractivity contribution in [2.45, 2.75) is 51.2 Å². The number of hydrogen-bond acceptors (Lipinski definition) is 7. The Morgan fingerprint density at radius 3 is 2.11 bits per heavy atom. The van der Waals surface area contributed by atoms with Crippen molar-refractivity contribution >= 4 is 42.2 Å². The summed E-state index contributed by atoms with van der Waals surface area (Å²) >= 11 is 3.87. The molecule has 11 nitrogen and oxygen atoms in total. The van der Waals surface area contributed by atoms with Crippen LogP contribution in [0.4, 0.5) is 0 Å². The van der Waals surface area contributed by atoms with Crippen LogP contribution in [0.2, 0.25) is 0 Å². The molecule has 0 heterocycles. The highest BCUT2D eigenvalue weighted by atomic mass is 32.1. The highest BCUT2D eigenvalue weighted by Crippen LogP contribution is 2.06. The SMILES string of the molecule is CC(C)CC(NC(=O)C(CCC(N)=O)NC(=O)CNC(=O)C(N)CS)C(=O)O. The summed E-state index contributed by atoms with van der Waals surface area (Å²) in [6.45, 7) is 3.15. The molecule has 4 amide bonds. The van der Waals surface area contributed by atoms with Crippen molar-refractivity contribution in [3.63, 3.8) is 0 Å². The highest BCUT2D eigenvalue weighted by molar-refractivity contribution is 7.80. The molecule has 0 aromatic heterocycles. The van der Waals surface area contributed by atoms with Gasteiger partial charge in [0.2, 0.25) is 23.6 Å². The Hall–Kier alpha value is -2.34. The maximum Gasteiger partial charge on any atom is 0.326 e. The number of hydrogen-bond donors (Lipinski definition) is 7. The van der Waals surface area contributed by atoms with Crippen molar-refractivity contribution in [3.8, 4) is 0 Å². The van der Waals surface area contributed by atoms with Gasteiger partial charge in [-0.15, -0.1) is 0 Å². The summed E-state index contributed by atoms with van der Waals surface area (Å²) in [5.74, 6) is -3.87. The molecule has 12 heteroatoms. The van der Waals surface area contributed by atoms with Crippen LogP contribution in [0.1, 0.15) is 33.1 Å². The van der Waals surface area contributed by atoms with Crippen LogP contribution in [-0.4, -0.2) is 65.1 Å². The number of carbonyl (C=O) groups is 5. The van der Waals surface area contributed by atoms with Crippen molar-refractivity contribution in [1.29, 1.82) is 0 Å². The van der Waals surface area contributed by atoms with Crippen LogP contribution in [-0.2, 0) is 24.0 Å². The summed E-state index contributed by atoms with van der Waals surface area (Å²) in [6.07, 6.45) is -0.128. The molecule has 0 saturated heterocycles. The van der Waals surface area contributed by atoms with E-state index in [0.29, 0.717) is 0 Å². The fraction of sp³-hybridized carbons (Fsp3) is 0.688. The van der Waals surface area contributed by atoms with Crippen molar-refractivity contribution in [1.82, 2.24) is 16.0 Å². The maximum atomic E-state index is 12.4. The Morgan fingerprint density at radius 2 is 1.64 bits per heavy atom. The maximum absolute atomic E-state index is 12.4. The molecule has 0 aliphatic carbocycles. The van der Waals surface area contributed by atoms with E-state index in [0.717, 1.165) is 0 Å². The lowest BCUT2D eigenvalue weighted by Crippen LogP contribution is -2.54. The second kappa shape index (κ2) is 12.9. The predicted molar refractivity (Wildman–Crippen MR) is 104 cm³/mol. The van der Waals surface area contributed by atoms with Crippen molar-refractivity contribution in [3.05, 3.63) is 0 Å². The quantitative estimate of drug-likeness (QED) is 0.163. The summed E-state index contributed by atoms with van der Waals surface area (Å²) < 4.78 is 0. The van der Waals surface area contributed by atoms with E-state index in [2.05, 4.69) is 28.6 Å². The first-order valence-electron chi connectivity index (χ1n) is 8.72. The zero-order chi connectivity index (χ0) is 21.9. The lowest BCUT2D eigenvalue weighted by molar-refractivity contribution is -0.142. The third-order valence-corrected chi connectivity index (χ3v) is 4.00. The number of nitrogens with one attached hydrogen (secondary N) is 3. The molecule has 0 spiro atoms. The Balaban J connectivity index is 4.97. The molecule has 0 aliphatic heterocycles. The van der Waals surface area contributed by atoms with Gasteiger partial charge in [0, 0.05) is 12.2 Å². The Bertz CT molecular complexity index is 586. The molecule has 3 unspecified atom stereocenters. The number of thiol groups is 1. The molecule has 0 aliphatic rings. The lowest BCUT2D eigenvalue weighted by Gasteiger charge is -2.22. The zero-order valence-corrected chi connectivity index (χ0v) is 16.8. The van der Waals surface area contributed by atoms with E-state index >= 15 is 0 Å². The molecule has 28 heavy (non-hydrogen) atoms. The van der Waals surface area contributed by atoms with E-state index in [9.17, 15) is 29.1 Å². The Morgan fingerprint density at radius 1 is 1.04 bits per heavy atom. The first kappa shape index (κ1) is 25.7. The van der Waals surface area contributed by atoms with Gasteiger partial charge in [0.25, 0.3) is 0 Å². The van der Waals surface area contributed by atoms with Crippen LogP contribution in [0.15, 0.2) is 0 Å². The third-order valence-electron chi connectivity index (χ3n) is 3.61. The number of primary amides is 1. The number of carbonyl (C=O) groups excluding carboxylic acids is 4. The van der Waals surface area contributed by atoms with Gasteiger partial charge in [-0.1, -0.05) is 13.8 Å². The minimum absolute atomic E-state index is 0.00585. The standard InChI is InChI=1S/C16H29N5O6S/c1-8(2)5-11(16(26)27)21-15(25)10(3-4-12(18)22)20-13(23)6-19-14(24)9(17)7-28/h8-11,28H,3-7,17H2,1-2H3,(H2,18,22)(H,19,24)(H,20,23)(H,21,25)(H,26,27). The first-order valence-corrected chi connectivity index (χ1v) is 9.36. The van der Waals surface area contributed by atoms with E-state index in [1.807, 2.05) is 0 Å². The van der Waals surface area contributed by atoms with Gasteiger partial charge in [0.1, 0.15) is 12.1 Å². The van der Waals surface area contributed by atoms with Crippen LogP contribution < -0.4 is 27.4 Å². The molecule has 0 fully saturated rings. The van der Waals surface area contributed by atoms with Crippen LogP contribution in [0.5, 0.6) is 0 Å². The van der Waals surface area contributed by atoms with Crippen LogP contribution in [0.25, 0.3) is 0 Å². The van der Waals surface area contributed by atoms with Gasteiger partial charge < -0.3 is 32.5 Å². The van der Waals surface area contributed by atoms with Crippen LogP contribution >= 0.6 is 12.6 Å². The van der Waals surface area contributed by atoms with E-state index in [-0.39, 0.29) is 30.9 Å². The van der Waals surface area contributed by atoms with Gasteiger partial charge in [-0.05, 0) is 18.8 Å². The largest absolute Gasteiger partial charge is 0.480 e. The molecule has 0 aromatic rings. The average molecular weight is 420 g/mol. The fourth-order valence-corrected chi connectivity index (χ4v) is 2.31.